The number of hydrogen-bond acceptors (Lipinski definition) is 6. The Bertz CT molecular complexity index is 1360. The van der Waals surface area contributed by atoms with Gasteiger partial charge in [-0.15, -0.1) is 0 Å². The number of fused-ring (bicyclic) bond motifs is 1. The van der Waals surface area contributed by atoms with E-state index < -0.39 is 33.9 Å². The maximum atomic E-state index is 13.4. The molecular weight excluding hydrogens is 517 g/mol. The van der Waals surface area contributed by atoms with Crippen LogP contribution >= 0.6 is 23.2 Å². The zero-order chi connectivity index (χ0) is 25.3. The van der Waals surface area contributed by atoms with Crippen molar-refractivity contribution in [2.75, 3.05) is 18.8 Å². The third-order valence-electron chi connectivity index (χ3n) is 6.04. The van der Waals surface area contributed by atoms with Crippen LogP contribution in [-0.2, 0) is 26.0 Å². The monoisotopic (exact) mass is 539 g/mol. The standard InChI is InChI=1S/C22H23Cl2N5O5S/c23-15-9-14(10-16(24)20(15)25)35(33,34)28-19(8-12-1-2-17-18(7-12)27-11-26-17)21(30)29-5-3-13(4-6-29)22(31)32/h1-2,7,9-11,13,19,28H,3-6,8,25H2,(H,26,27)(H,31,32). The number of carboxylic acids is 1. The summed E-state index contributed by atoms with van der Waals surface area (Å²) in [6, 6.07) is 6.52. The molecule has 1 saturated heterocycles. The van der Waals surface area contributed by atoms with Gasteiger partial charge in [-0.3, -0.25) is 9.59 Å². The average molecular weight is 540 g/mol. The summed E-state index contributed by atoms with van der Waals surface area (Å²) in [5.41, 5.74) is 7.95. The summed E-state index contributed by atoms with van der Waals surface area (Å²) < 4.78 is 28.9. The molecule has 186 valence electrons. The van der Waals surface area contributed by atoms with Gasteiger partial charge < -0.3 is 20.7 Å². The summed E-state index contributed by atoms with van der Waals surface area (Å²) in [5.74, 6) is -1.89. The number of halogens is 2. The second-order valence-corrected chi connectivity index (χ2v) is 10.9. The maximum absolute atomic E-state index is 13.4. The van der Waals surface area contributed by atoms with Gasteiger partial charge in [-0.1, -0.05) is 29.3 Å². The molecule has 1 aliphatic heterocycles. The lowest BCUT2D eigenvalue weighted by Crippen LogP contribution is -2.52. The molecule has 1 atom stereocenters. The van der Waals surface area contributed by atoms with Crippen LogP contribution in [0.2, 0.25) is 10.0 Å². The van der Waals surface area contributed by atoms with E-state index in [1.54, 1.807) is 24.5 Å². The third kappa shape index (κ3) is 5.53. The minimum absolute atomic E-state index is 0.0273. The molecule has 2 aromatic carbocycles. The average Bonchev–Trinajstić information content (AvgIpc) is 3.29. The number of aromatic amines is 1. The van der Waals surface area contributed by atoms with Crippen molar-refractivity contribution in [2.45, 2.75) is 30.2 Å². The Balaban J connectivity index is 1.62. The number of amides is 1. The Kier molecular flexibility index (Phi) is 7.22. The van der Waals surface area contributed by atoms with Crippen LogP contribution in [0.5, 0.6) is 0 Å². The second kappa shape index (κ2) is 10.0. The van der Waals surface area contributed by atoms with Crippen molar-refractivity contribution in [3.05, 3.63) is 52.3 Å². The van der Waals surface area contributed by atoms with Crippen LogP contribution in [0.25, 0.3) is 11.0 Å². The van der Waals surface area contributed by atoms with Gasteiger partial charge in [0, 0.05) is 13.1 Å². The quantitative estimate of drug-likeness (QED) is 0.336. The van der Waals surface area contributed by atoms with Crippen molar-refractivity contribution in [3.8, 4) is 0 Å². The normalized spacial score (nSPS) is 15.9. The van der Waals surface area contributed by atoms with E-state index in [0.29, 0.717) is 23.9 Å². The molecule has 0 radical (unpaired) electrons. The minimum atomic E-state index is -4.22. The zero-order valence-corrected chi connectivity index (χ0v) is 20.7. The lowest BCUT2D eigenvalue weighted by molar-refractivity contribution is -0.146. The number of carbonyl (C=O) groups excluding carboxylic acids is 1. The number of nitrogens with two attached hydrogens (primary N) is 1. The summed E-state index contributed by atoms with van der Waals surface area (Å²) in [6.45, 7) is 0.428. The van der Waals surface area contributed by atoms with Gasteiger partial charge in [-0.05, 0) is 49.1 Å². The Hall–Kier alpha value is -2.86. The molecule has 5 N–H and O–H groups in total. The number of H-pyrrole nitrogens is 1. The number of carboxylic acid groups (broad SMARTS) is 1. The number of benzene rings is 2. The molecule has 0 spiro atoms. The van der Waals surface area contributed by atoms with Crippen LogP contribution in [0.1, 0.15) is 18.4 Å². The Morgan fingerprint density at radius 1 is 1.20 bits per heavy atom. The van der Waals surface area contributed by atoms with Crippen molar-refractivity contribution in [1.29, 1.82) is 0 Å². The van der Waals surface area contributed by atoms with Gasteiger partial charge in [0.2, 0.25) is 15.9 Å². The van der Waals surface area contributed by atoms with Crippen LogP contribution in [0.4, 0.5) is 5.69 Å². The molecule has 1 aliphatic rings. The number of nitrogens with zero attached hydrogens (tertiary/aromatic N) is 2. The highest BCUT2D eigenvalue weighted by atomic mass is 35.5. The molecule has 1 amide bonds. The van der Waals surface area contributed by atoms with Crippen molar-refractivity contribution < 1.29 is 23.1 Å². The summed E-state index contributed by atoms with van der Waals surface area (Å²) in [5, 5.41) is 9.19. The van der Waals surface area contributed by atoms with Gasteiger partial charge in [-0.25, -0.2) is 13.4 Å². The second-order valence-electron chi connectivity index (χ2n) is 8.37. The van der Waals surface area contributed by atoms with Gasteiger partial charge in [0.15, 0.2) is 0 Å². The molecule has 35 heavy (non-hydrogen) atoms. The van der Waals surface area contributed by atoms with Crippen LogP contribution < -0.4 is 10.5 Å². The Morgan fingerprint density at radius 3 is 2.49 bits per heavy atom. The number of nitrogens with one attached hydrogen (secondary N) is 2. The molecule has 1 aromatic heterocycles. The smallest absolute Gasteiger partial charge is 0.306 e. The van der Waals surface area contributed by atoms with Gasteiger partial charge >= 0.3 is 5.97 Å². The van der Waals surface area contributed by atoms with Gasteiger partial charge in [0.1, 0.15) is 6.04 Å². The predicted octanol–water partition coefficient (Wildman–Crippen LogP) is 2.66. The molecule has 0 saturated carbocycles. The first kappa shape index (κ1) is 25.2. The van der Waals surface area contributed by atoms with Crippen LogP contribution in [0.3, 0.4) is 0 Å². The number of imidazole rings is 1. The summed E-state index contributed by atoms with van der Waals surface area (Å²) in [4.78, 5) is 33.2. The van der Waals surface area contributed by atoms with Crippen LogP contribution in [0.15, 0.2) is 41.6 Å². The first-order valence-electron chi connectivity index (χ1n) is 10.8. The number of nitrogen functional groups attached to an aromatic ring is 1. The van der Waals surface area contributed by atoms with Crippen LogP contribution in [0, 0.1) is 5.92 Å². The van der Waals surface area contributed by atoms with E-state index in [1.165, 1.54) is 17.0 Å². The van der Waals surface area contributed by atoms with Crippen molar-refractivity contribution in [2.24, 2.45) is 5.92 Å². The highest BCUT2D eigenvalue weighted by molar-refractivity contribution is 7.89. The molecule has 0 bridgehead atoms. The molecule has 10 nitrogen and oxygen atoms in total. The summed E-state index contributed by atoms with van der Waals surface area (Å²) in [6.07, 6.45) is 2.18. The van der Waals surface area contributed by atoms with Gasteiger partial charge in [0.05, 0.1) is 43.9 Å². The van der Waals surface area contributed by atoms with E-state index in [9.17, 15) is 23.1 Å². The Morgan fingerprint density at radius 2 is 1.86 bits per heavy atom. The summed E-state index contributed by atoms with van der Waals surface area (Å²) in [7, 11) is -4.22. The first-order valence-corrected chi connectivity index (χ1v) is 13.0. The fourth-order valence-corrected chi connectivity index (χ4v) is 5.92. The number of piperidine rings is 1. The van der Waals surface area contributed by atoms with E-state index in [2.05, 4.69) is 14.7 Å². The molecule has 0 aliphatic carbocycles. The number of aromatic nitrogens is 2. The molecule has 13 heteroatoms. The number of rotatable bonds is 7. The number of likely N-dealkylation sites (tertiary alicyclic amines) is 1. The van der Waals surface area contributed by atoms with Crippen molar-refractivity contribution in [3.63, 3.8) is 0 Å². The predicted molar refractivity (Wildman–Crippen MR) is 132 cm³/mol. The molecule has 3 aromatic rings. The molecular formula is C22H23Cl2N5O5S. The number of sulfonamides is 1. The van der Waals surface area contributed by atoms with E-state index in [1.807, 2.05) is 0 Å². The Labute approximate surface area is 211 Å². The minimum Gasteiger partial charge on any atom is -0.481 e. The molecule has 2 heterocycles. The van der Waals surface area contributed by atoms with E-state index in [0.717, 1.165) is 5.52 Å². The first-order chi connectivity index (χ1) is 16.5. The topological polar surface area (TPSA) is 158 Å². The number of hydrogen-bond donors (Lipinski definition) is 4. The molecule has 4 rings (SSSR count). The number of anilines is 1. The maximum Gasteiger partial charge on any atom is 0.306 e. The van der Waals surface area contributed by atoms with E-state index in [-0.39, 0.29) is 40.1 Å². The molecule has 1 unspecified atom stereocenters. The molecule has 1 fully saturated rings. The lowest BCUT2D eigenvalue weighted by atomic mass is 9.96. The SMILES string of the molecule is Nc1c(Cl)cc(S(=O)(=O)NC(Cc2ccc3[nH]cnc3c2)C(=O)N2CCC(C(=O)O)CC2)cc1Cl. The van der Waals surface area contributed by atoms with Gasteiger partial charge in [0.25, 0.3) is 0 Å². The van der Waals surface area contributed by atoms with Crippen molar-refractivity contribution in [1.82, 2.24) is 19.6 Å². The van der Waals surface area contributed by atoms with E-state index >= 15 is 0 Å². The zero-order valence-electron chi connectivity index (χ0n) is 18.4. The highest BCUT2D eigenvalue weighted by Gasteiger charge is 2.33. The fourth-order valence-electron chi connectivity index (χ4n) is 4.06. The summed E-state index contributed by atoms with van der Waals surface area (Å²) >= 11 is 12.0. The number of carbonyl (C=O) groups is 2. The lowest BCUT2D eigenvalue weighted by Gasteiger charge is -2.33. The third-order valence-corrected chi connectivity index (χ3v) is 8.12. The van der Waals surface area contributed by atoms with Gasteiger partial charge in [-0.2, -0.15) is 4.72 Å². The van der Waals surface area contributed by atoms with Crippen molar-refractivity contribution >= 4 is 61.8 Å². The fraction of sp³-hybridized carbons (Fsp3) is 0.318. The largest absolute Gasteiger partial charge is 0.481 e. The number of aliphatic carboxylic acids is 1. The highest BCUT2D eigenvalue weighted by Crippen LogP contribution is 2.31. The van der Waals surface area contributed by atoms with E-state index in [4.69, 9.17) is 28.9 Å². The van der Waals surface area contributed by atoms with Crippen LogP contribution in [-0.4, -0.2) is 59.4 Å².